The Morgan fingerprint density at radius 1 is 1.61 bits per heavy atom. The number of esters is 1. The maximum Gasteiger partial charge on any atom is 0.357 e. The molecule has 2 aromatic rings. The molecule has 96 valence electrons. The number of aromatic nitrogens is 4. The Kier molecular flexibility index (Phi) is 3.71. The van der Waals surface area contributed by atoms with E-state index in [0.717, 1.165) is 12.8 Å². The number of aryl methyl sites for hydroxylation is 1. The minimum Gasteiger partial charge on any atom is -0.448 e. The number of ether oxygens (including phenoxy) is 1. The minimum atomic E-state index is -0.584. The molecule has 0 spiro atoms. The lowest BCUT2D eigenvalue weighted by Crippen LogP contribution is -2.10. The molecule has 0 bridgehead atoms. The Morgan fingerprint density at radius 3 is 3.11 bits per heavy atom. The Labute approximate surface area is 104 Å². The molecule has 0 saturated heterocycles. The van der Waals surface area contributed by atoms with Gasteiger partial charge in [0, 0.05) is 12.6 Å². The Morgan fingerprint density at radius 2 is 2.44 bits per heavy atom. The molecule has 0 aliphatic carbocycles. The van der Waals surface area contributed by atoms with Crippen LogP contribution in [0.1, 0.15) is 48.6 Å². The zero-order valence-electron chi connectivity index (χ0n) is 10.2. The van der Waals surface area contributed by atoms with E-state index >= 15 is 0 Å². The highest BCUT2D eigenvalue weighted by Gasteiger charge is 2.19. The van der Waals surface area contributed by atoms with Crippen molar-refractivity contribution in [3.63, 3.8) is 0 Å². The first-order valence-corrected chi connectivity index (χ1v) is 5.73. The second kappa shape index (κ2) is 5.44. The summed E-state index contributed by atoms with van der Waals surface area (Å²) in [6.45, 7) is 3.70. The fraction of sp³-hybridized carbons (Fsp3) is 0.455. The zero-order chi connectivity index (χ0) is 13.0. The zero-order valence-corrected chi connectivity index (χ0v) is 10.2. The van der Waals surface area contributed by atoms with Crippen LogP contribution in [0.5, 0.6) is 0 Å². The van der Waals surface area contributed by atoms with Gasteiger partial charge in [-0.3, -0.25) is 5.10 Å². The molecule has 2 heterocycles. The van der Waals surface area contributed by atoms with Crippen molar-refractivity contribution in [1.29, 1.82) is 0 Å². The van der Waals surface area contributed by atoms with Gasteiger partial charge in [-0.05, 0) is 19.4 Å². The fourth-order valence-corrected chi connectivity index (χ4v) is 1.40. The van der Waals surface area contributed by atoms with Crippen LogP contribution >= 0.6 is 0 Å². The van der Waals surface area contributed by atoms with Gasteiger partial charge in [-0.1, -0.05) is 12.1 Å². The highest BCUT2D eigenvalue weighted by molar-refractivity contribution is 5.87. The molecule has 0 unspecified atom stereocenters. The van der Waals surface area contributed by atoms with E-state index < -0.39 is 12.1 Å². The summed E-state index contributed by atoms with van der Waals surface area (Å²) in [7, 11) is 0. The van der Waals surface area contributed by atoms with E-state index in [1.807, 2.05) is 6.92 Å². The fourth-order valence-electron chi connectivity index (χ4n) is 1.40. The quantitative estimate of drug-likeness (QED) is 0.811. The first-order valence-electron chi connectivity index (χ1n) is 5.73. The number of aromatic amines is 1. The first-order chi connectivity index (χ1) is 8.70. The van der Waals surface area contributed by atoms with Crippen LogP contribution in [0.25, 0.3) is 0 Å². The maximum absolute atomic E-state index is 11.6. The van der Waals surface area contributed by atoms with Crippen molar-refractivity contribution in [1.82, 2.24) is 20.3 Å². The van der Waals surface area contributed by atoms with Gasteiger partial charge in [0.1, 0.15) is 5.69 Å². The number of carbonyl (C=O) groups excluding carboxylic acids is 1. The molecule has 2 aromatic heterocycles. The van der Waals surface area contributed by atoms with Crippen molar-refractivity contribution in [3.8, 4) is 0 Å². The largest absolute Gasteiger partial charge is 0.448 e. The molecule has 0 aliphatic heterocycles. The SMILES string of the molecule is CCCc1noc([C@H](C)OC(=O)c2ccn[nH]2)n1. The number of H-pyrrole nitrogens is 1. The molecule has 7 nitrogen and oxygen atoms in total. The molecular weight excluding hydrogens is 236 g/mol. The van der Waals surface area contributed by atoms with Crippen LogP contribution in [0, 0.1) is 0 Å². The molecule has 0 aromatic carbocycles. The van der Waals surface area contributed by atoms with Gasteiger partial charge in [0.15, 0.2) is 11.9 Å². The van der Waals surface area contributed by atoms with Crippen molar-refractivity contribution in [3.05, 3.63) is 29.7 Å². The Bertz CT molecular complexity index is 506. The number of carbonyl (C=O) groups is 1. The summed E-state index contributed by atoms with van der Waals surface area (Å²) in [6.07, 6.45) is 2.57. The predicted octanol–water partition coefficient (Wildman–Crippen LogP) is 1.66. The van der Waals surface area contributed by atoms with Gasteiger partial charge in [0.05, 0.1) is 0 Å². The van der Waals surface area contributed by atoms with Gasteiger partial charge in [-0.2, -0.15) is 10.1 Å². The van der Waals surface area contributed by atoms with E-state index in [1.54, 1.807) is 6.92 Å². The molecule has 1 N–H and O–H groups in total. The molecule has 0 saturated carbocycles. The van der Waals surface area contributed by atoms with E-state index in [2.05, 4.69) is 20.3 Å². The van der Waals surface area contributed by atoms with Crippen molar-refractivity contribution >= 4 is 5.97 Å². The van der Waals surface area contributed by atoms with Crippen LogP contribution in [-0.4, -0.2) is 26.3 Å². The van der Waals surface area contributed by atoms with E-state index in [1.165, 1.54) is 12.3 Å². The molecule has 0 aliphatic rings. The van der Waals surface area contributed by atoms with Gasteiger partial charge in [0.2, 0.25) is 0 Å². The Hall–Kier alpha value is -2.18. The van der Waals surface area contributed by atoms with Crippen molar-refractivity contribution in [2.45, 2.75) is 32.8 Å². The number of nitrogens with one attached hydrogen (secondary N) is 1. The molecule has 1 atom stereocenters. The lowest BCUT2D eigenvalue weighted by atomic mass is 10.3. The molecule has 0 amide bonds. The van der Waals surface area contributed by atoms with Crippen LogP contribution < -0.4 is 0 Å². The first kappa shape index (κ1) is 12.3. The van der Waals surface area contributed by atoms with E-state index in [9.17, 15) is 4.79 Å². The maximum atomic E-state index is 11.6. The van der Waals surface area contributed by atoms with Gasteiger partial charge < -0.3 is 9.26 Å². The average molecular weight is 250 g/mol. The lowest BCUT2D eigenvalue weighted by molar-refractivity contribution is 0.0258. The summed E-state index contributed by atoms with van der Waals surface area (Å²) in [6, 6.07) is 1.53. The molecule has 0 radical (unpaired) electrons. The third-order valence-electron chi connectivity index (χ3n) is 2.31. The molecule has 2 rings (SSSR count). The lowest BCUT2D eigenvalue weighted by Gasteiger charge is -2.07. The van der Waals surface area contributed by atoms with Crippen molar-refractivity contribution < 1.29 is 14.1 Å². The number of hydrogen-bond acceptors (Lipinski definition) is 6. The van der Waals surface area contributed by atoms with Gasteiger partial charge in [-0.15, -0.1) is 0 Å². The summed E-state index contributed by atoms with van der Waals surface area (Å²) in [4.78, 5) is 15.8. The number of rotatable bonds is 5. The predicted molar refractivity (Wildman–Crippen MR) is 60.7 cm³/mol. The third-order valence-corrected chi connectivity index (χ3v) is 2.31. The Balaban J connectivity index is 1.98. The highest BCUT2D eigenvalue weighted by atomic mass is 16.6. The smallest absolute Gasteiger partial charge is 0.357 e. The topological polar surface area (TPSA) is 93.9 Å². The number of hydrogen-bond donors (Lipinski definition) is 1. The molecule has 7 heteroatoms. The summed E-state index contributed by atoms with van der Waals surface area (Å²) >= 11 is 0. The van der Waals surface area contributed by atoms with E-state index in [-0.39, 0.29) is 5.69 Å². The molecule has 0 fully saturated rings. The van der Waals surface area contributed by atoms with Crippen LogP contribution in [0.15, 0.2) is 16.8 Å². The van der Waals surface area contributed by atoms with Crippen LogP contribution in [-0.2, 0) is 11.2 Å². The normalized spacial score (nSPS) is 12.3. The summed E-state index contributed by atoms with van der Waals surface area (Å²) in [5, 5.41) is 10.0. The second-order valence-corrected chi connectivity index (χ2v) is 3.82. The highest BCUT2D eigenvalue weighted by Crippen LogP contribution is 2.16. The van der Waals surface area contributed by atoms with E-state index in [0.29, 0.717) is 11.7 Å². The van der Waals surface area contributed by atoms with E-state index in [4.69, 9.17) is 9.26 Å². The standard InChI is InChI=1S/C11H14N4O3/c1-3-4-9-13-10(18-15-9)7(2)17-11(16)8-5-6-12-14-8/h5-7H,3-4H2,1-2H3,(H,12,14)/t7-/m0/s1. The molecule has 18 heavy (non-hydrogen) atoms. The van der Waals surface area contributed by atoms with Crippen LogP contribution in [0.4, 0.5) is 0 Å². The summed E-state index contributed by atoms with van der Waals surface area (Å²) in [5.74, 6) is 0.415. The van der Waals surface area contributed by atoms with Gasteiger partial charge >= 0.3 is 5.97 Å². The van der Waals surface area contributed by atoms with Crippen molar-refractivity contribution in [2.75, 3.05) is 0 Å². The molecular formula is C11H14N4O3. The average Bonchev–Trinajstić information content (AvgIpc) is 3.00. The summed E-state index contributed by atoms with van der Waals surface area (Å²) in [5.41, 5.74) is 0.287. The third kappa shape index (κ3) is 2.73. The van der Waals surface area contributed by atoms with Gasteiger partial charge in [0.25, 0.3) is 5.89 Å². The minimum absolute atomic E-state index is 0.287. The number of nitrogens with zero attached hydrogens (tertiary/aromatic N) is 3. The van der Waals surface area contributed by atoms with Crippen LogP contribution in [0.3, 0.4) is 0 Å². The van der Waals surface area contributed by atoms with Crippen LogP contribution in [0.2, 0.25) is 0 Å². The second-order valence-electron chi connectivity index (χ2n) is 3.82. The van der Waals surface area contributed by atoms with Gasteiger partial charge in [-0.25, -0.2) is 4.79 Å². The summed E-state index contributed by atoms with van der Waals surface area (Å²) < 4.78 is 10.2. The monoisotopic (exact) mass is 250 g/mol. The van der Waals surface area contributed by atoms with Crippen molar-refractivity contribution in [2.24, 2.45) is 0 Å².